The van der Waals surface area contributed by atoms with Gasteiger partial charge in [0.15, 0.2) is 10.8 Å². The van der Waals surface area contributed by atoms with Crippen molar-refractivity contribution in [3.63, 3.8) is 0 Å². The number of hydrogen-bond donors (Lipinski definition) is 1. The van der Waals surface area contributed by atoms with Crippen LogP contribution in [0.4, 0.5) is 10.8 Å². The number of ether oxygens (including phenoxy) is 1. The zero-order chi connectivity index (χ0) is 20.3. The zero-order valence-electron chi connectivity index (χ0n) is 16.2. The monoisotopic (exact) mass is 420 g/mol. The van der Waals surface area contributed by atoms with Crippen molar-refractivity contribution in [2.24, 2.45) is 0 Å². The van der Waals surface area contributed by atoms with Crippen molar-refractivity contribution in [2.75, 3.05) is 36.5 Å². The highest BCUT2D eigenvalue weighted by atomic mass is 32.1. The number of anilines is 2. The summed E-state index contributed by atoms with van der Waals surface area (Å²) in [5, 5.41) is 12.0. The molecule has 0 radical (unpaired) electrons. The molecule has 0 unspecified atom stereocenters. The van der Waals surface area contributed by atoms with Crippen LogP contribution in [0.1, 0.15) is 16.1 Å². The van der Waals surface area contributed by atoms with Crippen LogP contribution in [0.25, 0.3) is 10.2 Å². The number of aromatic nitrogens is 4. The van der Waals surface area contributed by atoms with Crippen molar-refractivity contribution in [3.05, 3.63) is 66.0 Å². The highest BCUT2D eigenvalue weighted by molar-refractivity contribution is 7.22. The molecule has 0 saturated carbocycles. The number of thiazole rings is 1. The minimum atomic E-state index is -0.286. The third-order valence-corrected chi connectivity index (χ3v) is 5.95. The van der Waals surface area contributed by atoms with Crippen LogP contribution in [0, 0.1) is 0 Å². The first-order valence-electron chi connectivity index (χ1n) is 9.73. The largest absolute Gasteiger partial charge is 0.378 e. The maximum Gasteiger partial charge on any atom is 0.277 e. The molecule has 2 aromatic heterocycles. The van der Waals surface area contributed by atoms with E-state index in [9.17, 15) is 4.79 Å². The summed E-state index contributed by atoms with van der Waals surface area (Å²) < 4.78 is 8.10. The molecule has 8 nitrogen and oxygen atoms in total. The van der Waals surface area contributed by atoms with Gasteiger partial charge in [0.25, 0.3) is 5.91 Å². The van der Waals surface area contributed by atoms with Crippen molar-refractivity contribution in [3.8, 4) is 0 Å². The molecule has 30 heavy (non-hydrogen) atoms. The Morgan fingerprint density at radius 3 is 2.80 bits per heavy atom. The summed E-state index contributed by atoms with van der Waals surface area (Å²) >= 11 is 1.62. The minimum absolute atomic E-state index is 0.282. The summed E-state index contributed by atoms with van der Waals surface area (Å²) in [7, 11) is 0. The number of fused-ring (bicyclic) bond motifs is 1. The van der Waals surface area contributed by atoms with E-state index in [2.05, 4.69) is 20.5 Å². The average molecular weight is 420 g/mol. The van der Waals surface area contributed by atoms with E-state index < -0.39 is 0 Å². The lowest BCUT2D eigenvalue weighted by molar-refractivity contribution is 0.102. The van der Waals surface area contributed by atoms with Crippen molar-refractivity contribution in [1.82, 2.24) is 20.0 Å². The van der Waals surface area contributed by atoms with Crippen molar-refractivity contribution >= 4 is 38.3 Å². The fourth-order valence-corrected chi connectivity index (χ4v) is 4.38. The van der Waals surface area contributed by atoms with Gasteiger partial charge in [-0.3, -0.25) is 4.79 Å². The Morgan fingerprint density at radius 2 is 1.97 bits per heavy atom. The molecule has 1 fully saturated rings. The zero-order valence-corrected chi connectivity index (χ0v) is 17.0. The molecule has 1 N–H and O–H groups in total. The molecule has 0 aliphatic carbocycles. The fourth-order valence-electron chi connectivity index (χ4n) is 3.33. The van der Waals surface area contributed by atoms with E-state index >= 15 is 0 Å². The first-order valence-corrected chi connectivity index (χ1v) is 10.5. The molecule has 0 atom stereocenters. The number of nitrogens with zero attached hydrogens (tertiary/aromatic N) is 5. The van der Waals surface area contributed by atoms with Crippen LogP contribution in [0.5, 0.6) is 0 Å². The number of amides is 1. The molecule has 0 spiro atoms. The smallest absolute Gasteiger partial charge is 0.277 e. The van der Waals surface area contributed by atoms with E-state index in [4.69, 9.17) is 9.72 Å². The van der Waals surface area contributed by atoms with E-state index in [0.717, 1.165) is 47.2 Å². The van der Waals surface area contributed by atoms with E-state index in [-0.39, 0.29) is 11.6 Å². The van der Waals surface area contributed by atoms with Gasteiger partial charge in [0, 0.05) is 18.8 Å². The second-order valence-corrected chi connectivity index (χ2v) is 8.03. The van der Waals surface area contributed by atoms with Gasteiger partial charge in [-0.2, -0.15) is 0 Å². The number of morpholine rings is 1. The molecule has 3 heterocycles. The van der Waals surface area contributed by atoms with Gasteiger partial charge in [-0.25, -0.2) is 9.67 Å². The second-order valence-electron chi connectivity index (χ2n) is 7.02. The molecule has 2 aromatic carbocycles. The van der Waals surface area contributed by atoms with Crippen LogP contribution >= 0.6 is 11.3 Å². The first-order chi connectivity index (χ1) is 14.7. The molecule has 0 bridgehead atoms. The van der Waals surface area contributed by atoms with Gasteiger partial charge >= 0.3 is 0 Å². The van der Waals surface area contributed by atoms with Crippen molar-refractivity contribution < 1.29 is 9.53 Å². The molecular formula is C21H20N6O2S. The highest BCUT2D eigenvalue weighted by Crippen LogP contribution is 2.31. The van der Waals surface area contributed by atoms with Crippen LogP contribution in [-0.4, -0.2) is 52.2 Å². The summed E-state index contributed by atoms with van der Waals surface area (Å²) in [5.74, 6) is -0.286. The molecule has 5 rings (SSSR count). The highest BCUT2D eigenvalue weighted by Gasteiger charge is 2.16. The Morgan fingerprint density at radius 1 is 1.13 bits per heavy atom. The van der Waals surface area contributed by atoms with Gasteiger partial charge in [-0.1, -0.05) is 46.9 Å². The Kier molecular flexibility index (Phi) is 5.12. The number of carbonyl (C=O) groups is 1. The Balaban J connectivity index is 1.28. The lowest BCUT2D eigenvalue weighted by atomic mass is 10.2. The predicted molar refractivity (Wildman–Crippen MR) is 116 cm³/mol. The summed E-state index contributed by atoms with van der Waals surface area (Å²) in [5.41, 5.74) is 3.01. The topological polar surface area (TPSA) is 85.2 Å². The van der Waals surface area contributed by atoms with Gasteiger partial charge in [0.05, 0.1) is 36.2 Å². The third kappa shape index (κ3) is 4.03. The van der Waals surface area contributed by atoms with Gasteiger partial charge in [-0.15, -0.1) is 5.10 Å². The number of rotatable bonds is 5. The number of hydrogen-bond acceptors (Lipinski definition) is 7. The molecule has 1 aliphatic heterocycles. The van der Waals surface area contributed by atoms with Crippen molar-refractivity contribution in [1.29, 1.82) is 0 Å². The van der Waals surface area contributed by atoms with Crippen LogP contribution in [0.2, 0.25) is 0 Å². The van der Waals surface area contributed by atoms with Gasteiger partial charge in [0.1, 0.15) is 0 Å². The Hall–Kier alpha value is -3.30. The van der Waals surface area contributed by atoms with Gasteiger partial charge in [0.2, 0.25) is 0 Å². The maximum atomic E-state index is 12.6. The van der Waals surface area contributed by atoms with E-state index in [0.29, 0.717) is 12.2 Å². The van der Waals surface area contributed by atoms with Crippen LogP contribution < -0.4 is 10.2 Å². The molecule has 9 heteroatoms. The normalized spacial score (nSPS) is 14.2. The first kappa shape index (κ1) is 18.7. The number of nitrogens with one attached hydrogen (secondary N) is 1. The Labute approximate surface area is 177 Å². The van der Waals surface area contributed by atoms with Crippen molar-refractivity contribution in [2.45, 2.75) is 6.54 Å². The van der Waals surface area contributed by atoms with Crippen LogP contribution in [-0.2, 0) is 11.3 Å². The summed E-state index contributed by atoms with van der Waals surface area (Å²) in [6.07, 6.45) is 1.66. The summed E-state index contributed by atoms with van der Waals surface area (Å²) in [4.78, 5) is 19.5. The molecule has 1 saturated heterocycles. The van der Waals surface area contributed by atoms with E-state index in [1.807, 2.05) is 48.5 Å². The standard InChI is InChI=1S/C21H20N6O2S/c28-20(18-14-27(25-24-18)13-15-4-2-1-3-5-15)22-16-6-7-17-19(12-16)30-21(23-17)26-8-10-29-11-9-26/h1-7,12,14H,8-11,13H2,(H,22,28). The summed E-state index contributed by atoms with van der Waals surface area (Å²) in [6.45, 7) is 3.72. The van der Waals surface area contributed by atoms with Gasteiger partial charge in [-0.05, 0) is 23.8 Å². The lowest BCUT2D eigenvalue weighted by Crippen LogP contribution is -2.36. The van der Waals surface area contributed by atoms with E-state index in [1.54, 1.807) is 22.2 Å². The lowest BCUT2D eigenvalue weighted by Gasteiger charge is -2.25. The molecule has 152 valence electrons. The quantitative estimate of drug-likeness (QED) is 0.534. The van der Waals surface area contributed by atoms with Crippen LogP contribution in [0.15, 0.2) is 54.7 Å². The van der Waals surface area contributed by atoms with Crippen LogP contribution in [0.3, 0.4) is 0 Å². The second kappa shape index (κ2) is 8.21. The predicted octanol–water partition coefficient (Wildman–Crippen LogP) is 3.03. The third-order valence-electron chi connectivity index (χ3n) is 4.88. The maximum absolute atomic E-state index is 12.6. The fraction of sp³-hybridized carbons (Fsp3) is 0.238. The SMILES string of the molecule is O=C(Nc1ccc2nc(N3CCOCC3)sc2c1)c1cn(Cc2ccccc2)nn1. The molecule has 1 amide bonds. The average Bonchev–Trinajstić information content (AvgIpc) is 3.42. The Bertz CT molecular complexity index is 1170. The molecule has 1 aliphatic rings. The number of carbonyl (C=O) groups excluding carboxylic acids is 1. The number of benzene rings is 2. The van der Waals surface area contributed by atoms with Gasteiger partial charge < -0.3 is 15.0 Å². The summed E-state index contributed by atoms with van der Waals surface area (Å²) in [6, 6.07) is 15.7. The molecular weight excluding hydrogens is 400 g/mol. The van der Waals surface area contributed by atoms with E-state index in [1.165, 1.54) is 0 Å². The minimum Gasteiger partial charge on any atom is -0.378 e. The molecule has 4 aromatic rings.